The first-order chi connectivity index (χ1) is 1.41. The monoisotopic (exact) mass is 182 g/mol. The predicted molar refractivity (Wildman–Crippen MR) is 27.4 cm³/mol. The van der Waals surface area contributed by atoms with Crippen molar-refractivity contribution in [3.05, 3.63) is 0 Å². The molecule has 0 unspecified atom stereocenters. The molecule has 2 radical (unpaired) electrons. The molecule has 0 aromatic carbocycles. The van der Waals surface area contributed by atoms with Crippen LogP contribution in [0.5, 0.6) is 0 Å². The molecule has 0 aliphatic rings. The van der Waals surface area contributed by atoms with Crippen molar-refractivity contribution in [2.75, 3.05) is 0 Å². The van der Waals surface area contributed by atoms with Gasteiger partial charge in [-0.2, -0.15) is 0 Å². The molecule has 0 rings (SSSR count). The molecule has 0 aliphatic heterocycles. The molecular formula is C2H9SbSi. The van der Waals surface area contributed by atoms with Crippen LogP contribution in [0, 0.1) is 0 Å². The molecule has 0 amide bonds. The van der Waals surface area contributed by atoms with Gasteiger partial charge in [-0.15, -0.1) is 0 Å². The summed E-state index contributed by atoms with van der Waals surface area (Å²) >= 11 is 0. The number of rotatable bonds is 0. The van der Waals surface area contributed by atoms with Gasteiger partial charge in [-0.3, -0.25) is 0 Å². The van der Waals surface area contributed by atoms with Gasteiger partial charge in [0.1, 0.15) is 0 Å². The second-order valence-corrected chi connectivity index (χ2v) is 1.73. The maximum atomic E-state index is 2.21. The van der Waals surface area contributed by atoms with E-state index in [0.29, 0.717) is 0 Å². The third kappa shape index (κ3) is 11.7. The van der Waals surface area contributed by atoms with Gasteiger partial charge in [-0.1, -0.05) is 13.1 Å². The van der Waals surface area contributed by atoms with Crippen molar-refractivity contribution in [2.45, 2.75) is 13.1 Å². The van der Waals surface area contributed by atoms with Crippen LogP contribution in [-0.4, -0.2) is 33.9 Å². The molecule has 0 aromatic heterocycles. The van der Waals surface area contributed by atoms with E-state index in [4.69, 9.17) is 0 Å². The quantitative estimate of drug-likeness (QED) is 0.448. The molecule has 0 saturated carbocycles. The normalized spacial score (nSPS) is 4.50. The third-order valence-electron chi connectivity index (χ3n) is 0. The van der Waals surface area contributed by atoms with Crippen molar-refractivity contribution in [1.82, 2.24) is 0 Å². The molecule has 0 nitrogen and oxygen atoms in total. The van der Waals surface area contributed by atoms with Gasteiger partial charge in [-0.05, 0) is 0 Å². The Morgan fingerprint density at radius 2 is 1.25 bits per heavy atom. The predicted octanol–water partition coefficient (Wildman–Crippen LogP) is -0.397. The van der Waals surface area contributed by atoms with E-state index in [2.05, 4.69) is 13.1 Å². The third-order valence-corrected chi connectivity index (χ3v) is 0. The SMILES string of the molecule is C[SiH]C.[SbH2]. The average Bonchev–Trinajstić information content (AvgIpc) is 0.918. The van der Waals surface area contributed by atoms with E-state index in [1.165, 1.54) is 0 Å². The van der Waals surface area contributed by atoms with Crippen molar-refractivity contribution in [2.24, 2.45) is 0 Å². The van der Waals surface area contributed by atoms with Crippen LogP contribution in [0.1, 0.15) is 0 Å². The summed E-state index contributed by atoms with van der Waals surface area (Å²) in [7, 11) is 0.750. The first kappa shape index (κ1) is 8.90. The Hall–Kier alpha value is 1.04. The average molecular weight is 183 g/mol. The molecule has 0 aliphatic carbocycles. The van der Waals surface area contributed by atoms with Gasteiger partial charge in [0.15, 0.2) is 0 Å². The molecule has 0 spiro atoms. The first-order valence-corrected chi connectivity index (χ1v) is 3.46. The van der Waals surface area contributed by atoms with Crippen molar-refractivity contribution in [3.8, 4) is 0 Å². The molecule has 2 heteroatoms. The standard InChI is InChI=1S/C2H7Si.Sb.2H/c1-3-2;;;/h3H,1-2H3;;;. The van der Waals surface area contributed by atoms with Crippen molar-refractivity contribution < 1.29 is 0 Å². The summed E-state index contributed by atoms with van der Waals surface area (Å²) in [6.07, 6.45) is 0. The van der Waals surface area contributed by atoms with E-state index in [1.54, 1.807) is 0 Å². The van der Waals surface area contributed by atoms with E-state index >= 15 is 0 Å². The molecule has 0 heterocycles. The van der Waals surface area contributed by atoms with Crippen LogP contribution < -0.4 is 0 Å². The first-order valence-electron chi connectivity index (χ1n) is 1.15. The summed E-state index contributed by atoms with van der Waals surface area (Å²) in [5.41, 5.74) is 0. The van der Waals surface area contributed by atoms with E-state index in [-0.39, 0.29) is 24.4 Å². The fraction of sp³-hybridized carbons (Fsp3) is 1.00. The van der Waals surface area contributed by atoms with Gasteiger partial charge in [0.2, 0.25) is 0 Å². The Morgan fingerprint density at radius 1 is 1.25 bits per heavy atom. The van der Waals surface area contributed by atoms with Crippen LogP contribution in [0.15, 0.2) is 0 Å². The summed E-state index contributed by atoms with van der Waals surface area (Å²) in [4.78, 5) is 0. The number of hydrogen-bond acceptors (Lipinski definition) is 0. The summed E-state index contributed by atoms with van der Waals surface area (Å²) in [6.45, 7) is 4.42. The summed E-state index contributed by atoms with van der Waals surface area (Å²) < 4.78 is 0. The van der Waals surface area contributed by atoms with Crippen molar-refractivity contribution in [1.29, 1.82) is 0 Å². The summed E-state index contributed by atoms with van der Waals surface area (Å²) in [5, 5.41) is 0. The van der Waals surface area contributed by atoms with Gasteiger partial charge < -0.3 is 0 Å². The van der Waals surface area contributed by atoms with Crippen LogP contribution in [-0.2, 0) is 0 Å². The Kier molecular flexibility index (Phi) is 20.0. The zero-order valence-electron chi connectivity index (χ0n) is 3.15. The maximum absolute atomic E-state index is 2.21. The fourth-order valence-corrected chi connectivity index (χ4v) is 0. The second-order valence-electron chi connectivity index (χ2n) is 0.577. The van der Waals surface area contributed by atoms with Crippen LogP contribution in [0.4, 0.5) is 0 Å². The number of hydrogen-bond donors (Lipinski definition) is 0. The molecule has 26 valence electrons. The minimum absolute atomic E-state index is 0. The summed E-state index contributed by atoms with van der Waals surface area (Å²) in [6, 6.07) is 0. The molecule has 0 N–H and O–H groups in total. The Labute approximate surface area is 47.2 Å². The van der Waals surface area contributed by atoms with Gasteiger partial charge in [0, 0.05) is 9.52 Å². The van der Waals surface area contributed by atoms with E-state index < -0.39 is 0 Å². The van der Waals surface area contributed by atoms with Crippen LogP contribution in [0.25, 0.3) is 0 Å². The van der Waals surface area contributed by atoms with E-state index in [0.717, 1.165) is 9.52 Å². The minimum atomic E-state index is 0. The van der Waals surface area contributed by atoms with Crippen molar-refractivity contribution >= 4 is 33.9 Å². The van der Waals surface area contributed by atoms with Gasteiger partial charge in [-0.25, -0.2) is 0 Å². The molecule has 4 heavy (non-hydrogen) atoms. The zero-order valence-corrected chi connectivity index (χ0v) is 7.61. The Balaban J connectivity index is 0. The molecule has 0 saturated heterocycles. The van der Waals surface area contributed by atoms with Gasteiger partial charge >= 0.3 is 24.4 Å². The fourth-order valence-electron chi connectivity index (χ4n) is 0. The van der Waals surface area contributed by atoms with Gasteiger partial charge in [0.05, 0.1) is 0 Å². The molecule has 0 aromatic rings. The molecular weight excluding hydrogens is 174 g/mol. The molecule has 0 fully saturated rings. The topological polar surface area (TPSA) is 0 Å². The molecule has 0 bridgehead atoms. The van der Waals surface area contributed by atoms with Crippen molar-refractivity contribution in [3.63, 3.8) is 0 Å². The van der Waals surface area contributed by atoms with Gasteiger partial charge in [0.25, 0.3) is 0 Å². The van der Waals surface area contributed by atoms with E-state index in [1.807, 2.05) is 0 Å². The molecule has 0 atom stereocenters. The second kappa shape index (κ2) is 8.97. The van der Waals surface area contributed by atoms with Crippen LogP contribution >= 0.6 is 0 Å². The van der Waals surface area contributed by atoms with E-state index in [9.17, 15) is 0 Å². The Bertz CT molecular complexity index is 6.00. The summed E-state index contributed by atoms with van der Waals surface area (Å²) in [5.74, 6) is 0. The van der Waals surface area contributed by atoms with Crippen LogP contribution in [0.3, 0.4) is 0 Å². The van der Waals surface area contributed by atoms with Crippen LogP contribution in [0.2, 0.25) is 13.1 Å². The zero-order chi connectivity index (χ0) is 2.71. The Morgan fingerprint density at radius 3 is 1.25 bits per heavy atom.